The average molecular weight is 666 g/mol. The monoisotopic (exact) mass is 665 g/mol. The molecule has 3 rings (SSSR count). The Labute approximate surface area is 269 Å². The Hall–Kier alpha value is -3.48. The maximum absolute atomic E-state index is 14.0. The van der Waals surface area contributed by atoms with E-state index in [-0.39, 0.29) is 36.4 Å². The van der Waals surface area contributed by atoms with Crippen LogP contribution in [0.1, 0.15) is 90.0 Å². The lowest BCUT2D eigenvalue weighted by Crippen LogP contribution is -2.58. The van der Waals surface area contributed by atoms with E-state index in [1.54, 1.807) is 17.0 Å². The Kier molecular flexibility index (Phi) is 14.0. The molecule has 2 saturated heterocycles. The molecule has 1 unspecified atom stereocenters. The Balaban J connectivity index is 1.70. The highest BCUT2D eigenvalue weighted by atomic mass is 31.2. The van der Waals surface area contributed by atoms with Gasteiger partial charge in [0, 0.05) is 24.9 Å². The van der Waals surface area contributed by atoms with Gasteiger partial charge in [-0.15, -0.1) is 0 Å². The fraction of sp³-hybridized carbons (Fsp3) is 0.645. The maximum Gasteiger partial charge on any atom is 0.524 e. The smallest absolute Gasteiger partial charge is 0.404 e. The number of unbranched alkanes of at least 4 members (excludes halogenated alkanes) is 1. The number of rotatable bonds is 16. The van der Waals surface area contributed by atoms with Gasteiger partial charge in [-0.2, -0.15) is 0 Å². The zero-order valence-electron chi connectivity index (χ0n) is 26.6. The summed E-state index contributed by atoms with van der Waals surface area (Å²) >= 11 is 0. The number of hydrogen-bond donors (Lipinski definition) is 6. The zero-order valence-corrected chi connectivity index (χ0v) is 27.5. The second kappa shape index (κ2) is 17.4. The van der Waals surface area contributed by atoms with Crippen molar-refractivity contribution in [1.29, 1.82) is 0 Å². The molecule has 256 valence electrons. The van der Waals surface area contributed by atoms with Crippen LogP contribution in [0.15, 0.2) is 24.3 Å². The van der Waals surface area contributed by atoms with Gasteiger partial charge in [-0.3, -0.25) is 33.8 Å². The van der Waals surface area contributed by atoms with Crippen LogP contribution >= 0.6 is 7.82 Å². The minimum atomic E-state index is -4.69. The molecule has 2 aliphatic heterocycles. The predicted octanol–water partition coefficient (Wildman–Crippen LogP) is 1.81. The number of carbonyl (C=O) groups is 5. The van der Waals surface area contributed by atoms with Crippen LogP contribution in [0, 0.1) is 5.92 Å². The summed E-state index contributed by atoms with van der Waals surface area (Å²) in [5, 5.41) is 8.49. The molecule has 2 aliphatic rings. The van der Waals surface area contributed by atoms with Gasteiger partial charge >= 0.3 is 7.82 Å². The van der Waals surface area contributed by atoms with E-state index >= 15 is 0 Å². The van der Waals surface area contributed by atoms with Gasteiger partial charge in [-0.05, 0) is 69.1 Å². The standard InChI is InChI=1S/C31H48N5O9P/c1-3-5-18-33-29(39)24(15-17-27(32)37)34-30(40)26-16-12-22-8-6-7-9-25(31(41)36(22)26)35-28(38)21(4-2)19-20-10-13-23(14-11-20)45-46(42,43)44/h10-11,13-14,21-22,24-26H,3-9,12,15-19H2,1-2H3,(H2,32,37)(H,33,39)(H,34,40)(H,35,38)(H2,42,43,44)/t21-,22?,24-,25-,26-/m0/s1. The Morgan fingerprint density at radius 2 is 1.74 bits per heavy atom. The van der Waals surface area contributed by atoms with Crippen LogP contribution in [0.4, 0.5) is 0 Å². The van der Waals surface area contributed by atoms with Crippen molar-refractivity contribution in [3.63, 3.8) is 0 Å². The van der Waals surface area contributed by atoms with Gasteiger partial charge in [0.05, 0.1) is 0 Å². The van der Waals surface area contributed by atoms with Crippen LogP contribution in [0.5, 0.6) is 5.75 Å². The minimum Gasteiger partial charge on any atom is -0.404 e. The van der Waals surface area contributed by atoms with Crippen molar-refractivity contribution in [2.24, 2.45) is 11.7 Å². The number of benzene rings is 1. The molecule has 0 aliphatic carbocycles. The normalized spacial score (nSPS) is 21.3. The van der Waals surface area contributed by atoms with Gasteiger partial charge in [0.2, 0.25) is 29.5 Å². The molecule has 15 heteroatoms. The first-order valence-electron chi connectivity index (χ1n) is 16.2. The van der Waals surface area contributed by atoms with Crippen LogP contribution in [0.25, 0.3) is 0 Å². The number of phosphoric acid groups is 1. The lowest BCUT2D eigenvalue weighted by molar-refractivity contribution is -0.145. The molecule has 0 bridgehead atoms. The fourth-order valence-corrected chi connectivity index (χ4v) is 6.47. The van der Waals surface area contributed by atoms with Gasteiger partial charge in [0.15, 0.2) is 0 Å². The van der Waals surface area contributed by atoms with E-state index in [4.69, 9.17) is 15.5 Å². The Morgan fingerprint density at radius 1 is 1.04 bits per heavy atom. The first-order valence-corrected chi connectivity index (χ1v) is 17.7. The number of nitrogens with two attached hydrogens (primary N) is 1. The van der Waals surface area contributed by atoms with Crippen molar-refractivity contribution in [3.05, 3.63) is 29.8 Å². The molecule has 0 aromatic heterocycles. The molecule has 5 amide bonds. The van der Waals surface area contributed by atoms with E-state index in [1.807, 2.05) is 13.8 Å². The Morgan fingerprint density at radius 3 is 2.37 bits per heavy atom. The third-order valence-electron chi connectivity index (χ3n) is 8.59. The lowest BCUT2D eigenvalue weighted by Gasteiger charge is -2.36. The van der Waals surface area contributed by atoms with Crippen LogP contribution in [-0.4, -0.2) is 74.9 Å². The lowest BCUT2D eigenvalue weighted by atomic mass is 9.94. The van der Waals surface area contributed by atoms with Gasteiger partial charge < -0.3 is 31.1 Å². The van der Waals surface area contributed by atoms with E-state index in [9.17, 15) is 28.5 Å². The number of amides is 5. The highest BCUT2D eigenvalue weighted by molar-refractivity contribution is 7.46. The summed E-state index contributed by atoms with van der Waals surface area (Å²) in [5.41, 5.74) is 6.06. The molecule has 1 aromatic carbocycles. The van der Waals surface area contributed by atoms with Gasteiger partial charge in [-0.25, -0.2) is 4.57 Å². The maximum atomic E-state index is 14.0. The van der Waals surface area contributed by atoms with Crippen LogP contribution in [0.2, 0.25) is 0 Å². The summed E-state index contributed by atoms with van der Waals surface area (Å²) in [6.45, 7) is 4.28. The van der Waals surface area contributed by atoms with E-state index in [1.165, 1.54) is 12.1 Å². The van der Waals surface area contributed by atoms with Crippen molar-refractivity contribution in [1.82, 2.24) is 20.9 Å². The van der Waals surface area contributed by atoms with E-state index in [0.29, 0.717) is 38.6 Å². The van der Waals surface area contributed by atoms with Gasteiger partial charge in [0.25, 0.3) is 0 Å². The van der Waals surface area contributed by atoms with Crippen molar-refractivity contribution >= 4 is 37.4 Å². The molecule has 0 spiro atoms. The first-order chi connectivity index (χ1) is 21.8. The predicted molar refractivity (Wildman–Crippen MR) is 169 cm³/mol. The molecule has 46 heavy (non-hydrogen) atoms. The highest BCUT2D eigenvalue weighted by Crippen LogP contribution is 2.37. The van der Waals surface area contributed by atoms with E-state index < -0.39 is 49.6 Å². The number of nitrogens with zero attached hydrogens (tertiary/aromatic N) is 1. The summed E-state index contributed by atoms with van der Waals surface area (Å²) in [6.07, 6.45) is 6.19. The number of primary amides is 1. The number of nitrogens with one attached hydrogen (secondary N) is 3. The molecule has 2 fully saturated rings. The van der Waals surface area contributed by atoms with Crippen LogP contribution < -0.4 is 26.2 Å². The SMILES string of the molecule is CCCCNC(=O)[C@H](CCC(N)=O)NC(=O)[C@@H]1CCC2CCCC[C@H](NC(=O)[C@@H](CC)Cc3ccc(OP(=O)(O)O)cc3)C(=O)N21. The van der Waals surface area contributed by atoms with Crippen molar-refractivity contribution < 1.29 is 42.8 Å². The number of fused-ring (bicyclic) bond motifs is 1. The second-order valence-corrected chi connectivity index (χ2v) is 13.2. The first kappa shape index (κ1) is 37.0. The van der Waals surface area contributed by atoms with Crippen molar-refractivity contribution in [2.75, 3.05) is 6.54 Å². The topological polar surface area (TPSA) is 217 Å². The van der Waals surface area contributed by atoms with E-state index in [2.05, 4.69) is 20.5 Å². The van der Waals surface area contributed by atoms with Gasteiger partial charge in [-0.1, -0.05) is 45.2 Å². The molecular weight excluding hydrogens is 617 g/mol. The summed E-state index contributed by atoms with van der Waals surface area (Å²) in [4.78, 5) is 84.9. The summed E-state index contributed by atoms with van der Waals surface area (Å²) in [6, 6.07) is 3.32. The summed E-state index contributed by atoms with van der Waals surface area (Å²) in [7, 11) is -4.69. The molecule has 1 aromatic rings. The molecule has 5 atom stereocenters. The fourth-order valence-electron chi connectivity index (χ4n) is 6.08. The quantitative estimate of drug-likeness (QED) is 0.112. The molecule has 0 saturated carbocycles. The molecular formula is C31H48N5O9P. The third-order valence-corrected chi connectivity index (χ3v) is 9.04. The van der Waals surface area contributed by atoms with Gasteiger partial charge in [0.1, 0.15) is 23.9 Å². The summed E-state index contributed by atoms with van der Waals surface area (Å²) in [5.74, 6) is -2.57. The highest BCUT2D eigenvalue weighted by Gasteiger charge is 2.44. The average Bonchev–Trinajstić information content (AvgIpc) is 3.41. The van der Waals surface area contributed by atoms with E-state index in [0.717, 1.165) is 37.7 Å². The minimum absolute atomic E-state index is 0.00442. The molecule has 0 radical (unpaired) electrons. The van der Waals surface area contributed by atoms with Crippen LogP contribution in [0.3, 0.4) is 0 Å². The second-order valence-electron chi connectivity index (χ2n) is 12.1. The third kappa shape index (κ3) is 11.1. The van der Waals surface area contributed by atoms with Crippen molar-refractivity contribution in [3.8, 4) is 5.75 Å². The molecule has 2 heterocycles. The van der Waals surface area contributed by atoms with Crippen LogP contribution in [-0.2, 0) is 35.0 Å². The zero-order chi connectivity index (χ0) is 33.9. The number of carbonyl (C=O) groups excluding carboxylic acids is 5. The largest absolute Gasteiger partial charge is 0.524 e. The number of phosphoric ester groups is 1. The van der Waals surface area contributed by atoms with Crippen molar-refractivity contribution in [2.45, 2.75) is 115 Å². The summed E-state index contributed by atoms with van der Waals surface area (Å²) < 4.78 is 15.7. The molecule has 14 nitrogen and oxygen atoms in total. The number of hydrogen-bond acceptors (Lipinski definition) is 7. The Bertz CT molecular complexity index is 1270. The molecule has 7 N–H and O–H groups in total.